The second-order valence-electron chi connectivity index (χ2n) is 7.90. The second kappa shape index (κ2) is 11.1. The lowest BCUT2D eigenvalue weighted by molar-refractivity contribution is 0.146. The van der Waals surface area contributed by atoms with Crippen LogP contribution in [0.25, 0.3) is 11.1 Å². The number of aliphatic hydroxyl groups excluding tert-OH is 1. The summed E-state index contributed by atoms with van der Waals surface area (Å²) in [6.07, 6.45) is -0.712. The van der Waals surface area contributed by atoms with E-state index in [2.05, 4.69) is 32.3 Å². The van der Waals surface area contributed by atoms with E-state index < -0.39 is 18.3 Å². The number of benzene rings is 1. The zero-order valence-electron chi connectivity index (χ0n) is 19.3. The Balaban J connectivity index is 1.73. The molecule has 4 rings (SSSR count). The van der Waals surface area contributed by atoms with E-state index in [1.807, 2.05) is 0 Å². The molecule has 3 aromatic rings. The maximum absolute atomic E-state index is 13.5. The van der Waals surface area contributed by atoms with Crippen LogP contribution in [0.4, 0.5) is 13.9 Å². The quantitative estimate of drug-likeness (QED) is 0.139. The standard InChI is InChI=1S/C24H22F2N6O2S2/c1-12(27)35-22(28)14-6-7-15(16(9-14)17-10-18(21(25)26)29-11-19(17)34-2)23(33)30-24-32-31-20(36-24)8-5-13-3-4-13/h6-7,9-11,13,21,23,27-28,33H,3-4H2,1-2H3,(H,30,32). The van der Waals surface area contributed by atoms with Gasteiger partial charge in [-0.15, -0.1) is 10.2 Å². The third kappa shape index (κ3) is 6.23. The van der Waals surface area contributed by atoms with E-state index in [1.165, 1.54) is 30.7 Å². The van der Waals surface area contributed by atoms with Crippen molar-refractivity contribution in [1.29, 1.82) is 10.8 Å². The molecule has 36 heavy (non-hydrogen) atoms. The van der Waals surface area contributed by atoms with Gasteiger partial charge in [0.2, 0.25) is 5.13 Å². The number of aromatic nitrogens is 3. The molecule has 0 spiro atoms. The van der Waals surface area contributed by atoms with Crippen molar-refractivity contribution >= 4 is 38.3 Å². The van der Waals surface area contributed by atoms with Gasteiger partial charge < -0.3 is 15.2 Å². The van der Waals surface area contributed by atoms with E-state index >= 15 is 0 Å². The van der Waals surface area contributed by atoms with E-state index in [9.17, 15) is 13.9 Å². The van der Waals surface area contributed by atoms with Crippen molar-refractivity contribution in [2.45, 2.75) is 32.4 Å². The van der Waals surface area contributed by atoms with Crippen LogP contribution in [-0.2, 0) is 0 Å². The second-order valence-corrected chi connectivity index (χ2v) is 10.1. The number of alkyl halides is 2. The molecule has 1 aliphatic rings. The number of hydrogen-bond donors (Lipinski definition) is 4. The smallest absolute Gasteiger partial charge is 0.280 e. The lowest BCUT2D eigenvalue weighted by Crippen LogP contribution is -2.12. The zero-order valence-corrected chi connectivity index (χ0v) is 20.9. The van der Waals surface area contributed by atoms with Gasteiger partial charge in [-0.1, -0.05) is 41.2 Å². The molecule has 2 heterocycles. The lowest BCUT2D eigenvalue weighted by Gasteiger charge is -2.19. The van der Waals surface area contributed by atoms with Gasteiger partial charge in [-0.25, -0.2) is 8.78 Å². The predicted molar refractivity (Wildman–Crippen MR) is 137 cm³/mol. The van der Waals surface area contributed by atoms with Crippen LogP contribution in [0, 0.1) is 28.6 Å². The Labute approximate surface area is 214 Å². The van der Waals surface area contributed by atoms with Crippen molar-refractivity contribution in [3.05, 3.63) is 52.3 Å². The van der Waals surface area contributed by atoms with Gasteiger partial charge in [-0.2, -0.15) is 0 Å². The SMILES string of the molecule is COc1cnc(C(F)F)cc1-c1cc(C(=N)SC(C)=N)ccc1C(O)Nc1nnc(C#CC2CC2)s1. The average molecular weight is 529 g/mol. The van der Waals surface area contributed by atoms with Crippen LogP contribution < -0.4 is 10.1 Å². The molecule has 1 fully saturated rings. The van der Waals surface area contributed by atoms with E-state index in [1.54, 1.807) is 25.1 Å². The Morgan fingerprint density at radius 2 is 2.03 bits per heavy atom. The van der Waals surface area contributed by atoms with Gasteiger partial charge in [-0.3, -0.25) is 15.8 Å². The molecule has 186 valence electrons. The summed E-state index contributed by atoms with van der Waals surface area (Å²) in [4.78, 5) is 3.75. The highest BCUT2D eigenvalue weighted by Crippen LogP contribution is 2.38. The molecule has 12 heteroatoms. The third-order valence-electron chi connectivity index (χ3n) is 5.13. The molecule has 0 aliphatic heterocycles. The molecule has 0 bridgehead atoms. The highest BCUT2D eigenvalue weighted by Gasteiger charge is 2.22. The highest BCUT2D eigenvalue weighted by molar-refractivity contribution is 8.26. The molecule has 0 saturated heterocycles. The van der Waals surface area contributed by atoms with Crippen LogP contribution in [0.2, 0.25) is 0 Å². The first-order valence-corrected chi connectivity index (χ1v) is 12.5. The maximum atomic E-state index is 13.5. The van der Waals surface area contributed by atoms with Crippen molar-refractivity contribution in [2.24, 2.45) is 5.92 Å². The molecule has 4 N–H and O–H groups in total. The van der Waals surface area contributed by atoms with E-state index in [0.29, 0.717) is 32.7 Å². The number of thioether (sulfide) groups is 1. The number of nitrogens with one attached hydrogen (secondary N) is 3. The number of rotatable bonds is 7. The predicted octanol–water partition coefficient (Wildman–Crippen LogP) is 5.47. The fourth-order valence-corrected chi connectivity index (χ4v) is 4.43. The summed E-state index contributed by atoms with van der Waals surface area (Å²) in [7, 11) is 1.39. The number of aliphatic hydroxyl groups is 1. The summed E-state index contributed by atoms with van der Waals surface area (Å²) >= 11 is 2.15. The molecule has 8 nitrogen and oxygen atoms in total. The highest BCUT2D eigenvalue weighted by atomic mass is 32.2. The third-order valence-corrected chi connectivity index (χ3v) is 6.65. The largest absolute Gasteiger partial charge is 0.494 e. The Bertz CT molecular complexity index is 1360. The normalized spacial score (nSPS) is 13.6. The first-order valence-electron chi connectivity index (χ1n) is 10.8. The van der Waals surface area contributed by atoms with E-state index in [4.69, 9.17) is 15.6 Å². The number of ether oxygens (including phenoxy) is 1. The molecular weight excluding hydrogens is 506 g/mol. The van der Waals surface area contributed by atoms with Crippen molar-refractivity contribution < 1.29 is 18.6 Å². The van der Waals surface area contributed by atoms with Crippen LogP contribution in [0.15, 0.2) is 30.5 Å². The van der Waals surface area contributed by atoms with E-state index in [-0.39, 0.29) is 21.4 Å². The molecule has 2 aromatic heterocycles. The number of halogens is 2. The van der Waals surface area contributed by atoms with Crippen molar-refractivity contribution in [3.63, 3.8) is 0 Å². The molecule has 0 amide bonds. The van der Waals surface area contributed by atoms with Crippen LogP contribution in [0.1, 0.15) is 54.2 Å². The summed E-state index contributed by atoms with van der Waals surface area (Å²) in [6.45, 7) is 1.56. The zero-order chi connectivity index (χ0) is 25.8. The summed E-state index contributed by atoms with van der Waals surface area (Å²) in [5.74, 6) is 6.73. The Morgan fingerprint density at radius 1 is 1.25 bits per heavy atom. The minimum absolute atomic E-state index is 0.0999. The van der Waals surface area contributed by atoms with Crippen LogP contribution in [0.5, 0.6) is 5.75 Å². The van der Waals surface area contributed by atoms with Crippen LogP contribution in [-0.4, -0.2) is 37.5 Å². The first-order chi connectivity index (χ1) is 17.2. The molecule has 1 aliphatic carbocycles. The number of pyridine rings is 1. The molecule has 1 aromatic carbocycles. The van der Waals surface area contributed by atoms with Gasteiger partial charge in [0, 0.05) is 22.6 Å². The number of anilines is 1. The van der Waals surface area contributed by atoms with E-state index in [0.717, 1.165) is 24.6 Å². The van der Waals surface area contributed by atoms with Crippen LogP contribution >= 0.6 is 23.1 Å². The Hall–Kier alpha value is -3.40. The van der Waals surface area contributed by atoms with Gasteiger partial charge in [0.05, 0.1) is 18.4 Å². The molecule has 1 saturated carbocycles. The monoisotopic (exact) mass is 528 g/mol. The number of hydrogen-bond acceptors (Lipinski definition) is 10. The van der Waals surface area contributed by atoms with Crippen LogP contribution in [0.3, 0.4) is 0 Å². The lowest BCUT2D eigenvalue weighted by atomic mass is 9.95. The van der Waals surface area contributed by atoms with Gasteiger partial charge in [0.25, 0.3) is 6.43 Å². The molecular formula is C24H22F2N6O2S2. The molecule has 1 unspecified atom stereocenters. The molecule has 0 radical (unpaired) electrons. The van der Waals surface area contributed by atoms with Gasteiger partial charge in [0.1, 0.15) is 16.5 Å². The topological polar surface area (TPSA) is 128 Å². The van der Waals surface area contributed by atoms with Crippen molar-refractivity contribution in [2.75, 3.05) is 12.4 Å². The Morgan fingerprint density at radius 3 is 2.69 bits per heavy atom. The Kier molecular flexibility index (Phi) is 7.93. The summed E-state index contributed by atoms with van der Waals surface area (Å²) in [6, 6.07) is 6.01. The van der Waals surface area contributed by atoms with Gasteiger partial charge >= 0.3 is 0 Å². The molecule has 1 atom stereocenters. The average Bonchev–Trinajstić information content (AvgIpc) is 3.58. The van der Waals surface area contributed by atoms with Gasteiger partial charge in [0.15, 0.2) is 11.2 Å². The first kappa shape index (κ1) is 25.7. The fraction of sp³-hybridized carbons (Fsp3) is 0.292. The van der Waals surface area contributed by atoms with Crippen molar-refractivity contribution in [3.8, 4) is 28.7 Å². The minimum atomic E-state index is -2.81. The number of methoxy groups -OCH3 is 1. The number of nitrogens with zero attached hydrogens (tertiary/aromatic N) is 3. The maximum Gasteiger partial charge on any atom is 0.280 e. The minimum Gasteiger partial charge on any atom is -0.494 e. The fourth-order valence-electron chi connectivity index (χ4n) is 3.25. The summed E-state index contributed by atoms with van der Waals surface area (Å²) < 4.78 is 32.3. The van der Waals surface area contributed by atoms with Crippen molar-refractivity contribution in [1.82, 2.24) is 15.2 Å². The summed E-state index contributed by atoms with van der Waals surface area (Å²) in [5, 5.41) is 39.2. The van der Waals surface area contributed by atoms with Gasteiger partial charge in [-0.05, 0) is 43.4 Å². The summed E-state index contributed by atoms with van der Waals surface area (Å²) in [5.41, 5.74) is 0.975.